The molecule has 0 unspecified atom stereocenters. The van der Waals surface area contributed by atoms with Gasteiger partial charge in [-0.15, -0.1) is 0 Å². The molecule has 0 saturated heterocycles. The normalized spacial score (nSPS) is 11.1. The molecule has 3 N–H and O–H groups in total. The highest BCUT2D eigenvalue weighted by Gasteiger charge is 2.13. The smallest absolute Gasteiger partial charge is 0.264 e. The summed E-state index contributed by atoms with van der Waals surface area (Å²) >= 11 is 0. The lowest BCUT2D eigenvalue weighted by atomic mass is 10.2. The van der Waals surface area contributed by atoms with Gasteiger partial charge in [0, 0.05) is 18.3 Å². The van der Waals surface area contributed by atoms with Crippen molar-refractivity contribution in [2.24, 2.45) is 5.73 Å². The van der Waals surface area contributed by atoms with Crippen LogP contribution in [0.3, 0.4) is 0 Å². The van der Waals surface area contributed by atoms with Gasteiger partial charge in [0.25, 0.3) is 5.91 Å². The van der Waals surface area contributed by atoms with Crippen molar-refractivity contribution in [2.45, 2.75) is 13.5 Å². The topological polar surface area (TPSA) is 102 Å². The summed E-state index contributed by atoms with van der Waals surface area (Å²) in [4.78, 5) is 15.4. The molecule has 0 spiro atoms. The Morgan fingerprint density at radius 2 is 2.25 bits per heavy atom. The zero-order chi connectivity index (χ0) is 12.2. The van der Waals surface area contributed by atoms with Crippen molar-refractivity contribution in [2.75, 3.05) is 5.75 Å². The van der Waals surface area contributed by atoms with Crippen LogP contribution < -0.4 is 10.5 Å². The maximum Gasteiger partial charge on any atom is 0.264 e. The molecule has 0 aromatic carbocycles. The highest BCUT2D eigenvalue weighted by atomic mass is 32.2. The largest absolute Gasteiger partial charge is 0.325 e. The van der Waals surface area contributed by atoms with Crippen LogP contribution in [0.1, 0.15) is 23.0 Å². The van der Waals surface area contributed by atoms with E-state index in [1.54, 1.807) is 0 Å². The van der Waals surface area contributed by atoms with Crippen molar-refractivity contribution in [3.63, 3.8) is 0 Å². The van der Waals surface area contributed by atoms with Crippen LogP contribution in [0, 0.1) is 0 Å². The monoisotopic (exact) mass is 243 g/mol. The number of nitrogens with zero attached hydrogens (tertiary/aromatic N) is 1. The molecular formula is C9H13N3O3S. The third-order valence-electron chi connectivity index (χ3n) is 1.92. The summed E-state index contributed by atoms with van der Waals surface area (Å²) < 4.78 is 24.3. The van der Waals surface area contributed by atoms with Crippen molar-refractivity contribution in [3.8, 4) is 0 Å². The molecule has 16 heavy (non-hydrogen) atoms. The van der Waals surface area contributed by atoms with Gasteiger partial charge in [0.1, 0.15) is 0 Å². The number of rotatable bonds is 4. The maximum atomic E-state index is 11.5. The zero-order valence-electron chi connectivity index (χ0n) is 8.80. The van der Waals surface area contributed by atoms with Gasteiger partial charge in [0.15, 0.2) is 0 Å². The van der Waals surface area contributed by atoms with Crippen LogP contribution in [0.25, 0.3) is 0 Å². The number of hydrogen-bond donors (Lipinski definition) is 2. The molecule has 0 atom stereocenters. The van der Waals surface area contributed by atoms with Gasteiger partial charge in [-0.25, -0.2) is 13.1 Å². The first-order valence-corrected chi connectivity index (χ1v) is 6.33. The number of amides is 1. The Hall–Kier alpha value is -1.47. The molecule has 7 heteroatoms. The standard InChI is InChI=1S/C9H13N3O3S/c1-2-16(14,15)12-9(13)7-3-4-11-8(5-7)6-10/h3-5H,2,6,10H2,1H3,(H,12,13). The third kappa shape index (κ3) is 3.28. The number of nitrogens with two attached hydrogens (primary N) is 1. The van der Waals surface area contributed by atoms with Crippen LogP contribution in [0.4, 0.5) is 0 Å². The zero-order valence-corrected chi connectivity index (χ0v) is 9.62. The average Bonchev–Trinajstić information content (AvgIpc) is 2.28. The second-order valence-corrected chi connectivity index (χ2v) is 5.09. The highest BCUT2D eigenvalue weighted by Crippen LogP contribution is 2.02. The summed E-state index contributed by atoms with van der Waals surface area (Å²) in [6, 6.07) is 2.89. The molecule has 1 rings (SSSR count). The Bertz CT molecular complexity index is 485. The summed E-state index contributed by atoms with van der Waals surface area (Å²) in [6.45, 7) is 1.65. The van der Waals surface area contributed by atoms with Gasteiger partial charge in [-0.05, 0) is 19.1 Å². The molecule has 1 aromatic rings. The Morgan fingerprint density at radius 3 is 2.81 bits per heavy atom. The van der Waals surface area contributed by atoms with Gasteiger partial charge in [0.2, 0.25) is 10.0 Å². The number of carbonyl (C=O) groups is 1. The molecule has 0 bridgehead atoms. The van der Waals surface area contributed by atoms with Crippen molar-refractivity contribution in [1.29, 1.82) is 0 Å². The SMILES string of the molecule is CCS(=O)(=O)NC(=O)c1ccnc(CN)c1. The molecule has 0 fully saturated rings. The van der Waals surface area contributed by atoms with Crippen LogP contribution in [0.5, 0.6) is 0 Å². The number of aromatic nitrogens is 1. The number of pyridine rings is 1. The molecule has 6 nitrogen and oxygen atoms in total. The summed E-state index contributed by atoms with van der Waals surface area (Å²) in [5.74, 6) is -0.813. The number of carbonyl (C=O) groups excluding carboxylic acids is 1. The van der Waals surface area contributed by atoms with E-state index in [0.29, 0.717) is 5.69 Å². The first-order valence-electron chi connectivity index (χ1n) is 4.68. The molecule has 0 aliphatic rings. The summed E-state index contributed by atoms with van der Waals surface area (Å²) in [5, 5.41) is 0. The molecule has 0 radical (unpaired) electrons. The lowest BCUT2D eigenvalue weighted by Gasteiger charge is -2.05. The molecule has 0 saturated carbocycles. The summed E-state index contributed by atoms with van der Waals surface area (Å²) in [6.07, 6.45) is 1.41. The molecular weight excluding hydrogens is 230 g/mol. The van der Waals surface area contributed by atoms with E-state index in [0.717, 1.165) is 0 Å². The van der Waals surface area contributed by atoms with Crippen LogP contribution in [-0.2, 0) is 16.6 Å². The maximum absolute atomic E-state index is 11.5. The molecule has 1 aromatic heterocycles. The van der Waals surface area contributed by atoms with Crippen LogP contribution in [0.15, 0.2) is 18.3 Å². The minimum atomic E-state index is -3.54. The van der Waals surface area contributed by atoms with E-state index in [2.05, 4.69) is 4.98 Å². The van der Waals surface area contributed by atoms with E-state index < -0.39 is 15.9 Å². The fourth-order valence-corrected chi connectivity index (χ4v) is 1.55. The number of sulfonamides is 1. The molecule has 1 amide bonds. The minimum Gasteiger partial charge on any atom is -0.325 e. The van der Waals surface area contributed by atoms with Crippen molar-refractivity contribution in [3.05, 3.63) is 29.6 Å². The second kappa shape index (κ2) is 5.04. The van der Waals surface area contributed by atoms with Gasteiger partial charge in [-0.1, -0.05) is 0 Å². The first-order chi connectivity index (χ1) is 7.48. The van der Waals surface area contributed by atoms with Gasteiger partial charge < -0.3 is 5.73 Å². The van der Waals surface area contributed by atoms with E-state index in [1.807, 2.05) is 4.72 Å². The fourth-order valence-electron chi connectivity index (χ4n) is 1.00. The van der Waals surface area contributed by atoms with Gasteiger partial charge in [0.05, 0.1) is 11.4 Å². The summed E-state index contributed by atoms with van der Waals surface area (Å²) in [7, 11) is -3.54. The average molecular weight is 243 g/mol. The van der Waals surface area contributed by atoms with E-state index >= 15 is 0 Å². The van der Waals surface area contributed by atoms with Gasteiger partial charge in [-0.3, -0.25) is 9.78 Å². The van der Waals surface area contributed by atoms with Crippen LogP contribution in [-0.4, -0.2) is 25.1 Å². The first kappa shape index (κ1) is 12.6. The van der Waals surface area contributed by atoms with Crippen LogP contribution in [0.2, 0.25) is 0 Å². The number of nitrogens with one attached hydrogen (secondary N) is 1. The van der Waals surface area contributed by atoms with Crippen molar-refractivity contribution < 1.29 is 13.2 Å². The highest BCUT2D eigenvalue weighted by molar-refractivity contribution is 7.90. The quantitative estimate of drug-likeness (QED) is 0.750. The van der Waals surface area contributed by atoms with Crippen molar-refractivity contribution in [1.82, 2.24) is 9.71 Å². The lowest BCUT2D eigenvalue weighted by molar-refractivity contribution is 0.0981. The van der Waals surface area contributed by atoms with E-state index in [1.165, 1.54) is 25.3 Å². The molecule has 88 valence electrons. The predicted molar refractivity (Wildman–Crippen MR) is 59.1 cm³/mol. The summed E-state index contributed by atoms with van der Waals surface area (Å²) in [5.41, 5.74) is 6.12. The molecule has 0 aliphatic heterocycles. The third-order valence-corrected chi connectivity index (χ3v) is 3.17. The van der Waals surface area contributed by atoms with Crippen molar-refractivity contribution >= 4 is 15.9 Å². The lowest BCUT2D eigenvalue weighted by Crippen LogP contribution is -2.31. The Morgan fingerprint density at radius 1 is 1.56 bits per heavy atom. The molecule has 0 aliphatic carbocycles. The minimum absolute atomic E-state index is 0.145. The second-order valence-electron chi connectivity index (χ2n) is 3.07. The van der Waals surface area contributed by atoms with E-state index in [4.69, 9.17) is 5.73 Å². The van der Waals surface area contributed by atoms with Crippen LogP contribution >= 0.6 is 0 Å². The fraction of sp³-hybridized carbons (Fsp3) is 0.333. The Kier molecular flexibility index (Phi) is 3.97. The predicted octanol–water partition coefficient (Wildman–Crippen LogP) is -0.380. The van der Waals surface area contributed by atoms with Gasteiger partial charge >= 0.3 is 0 Å². The van der Waals surface area contributed by atoms with E-state index in [9.17, 15) is 13.2 Å². The number of hydrogen-bond acceptors (Lipinski definition) is 5. The van der Waals surface area contributed by atoms with Gasteiger partial charge in [-0.2, -0.15) is 0 Å². The Labute approximate surface area is 93.9 Å². The molecule has 1 heterocycles. The van der Waals surface area contributed by atoms with E-state index in [-0.39, 0.29) is 17.9 Å². The Balaban J connectivity index is 2.89.